The van der Waals surface area contributed by atoms with Gasteiger partial charge in [0.15, 0.2) is 17.3 Å². The van der Waals surface area contributed by atoms with Crippen molar-refractivity contribution in [1.82, 2.24) is 0 Å². The molecule has 0 aromatic heterocycles. The second-order valence-corrected chi connectivity index (χ2v) is 10.4. The Hall–Kier alpha value is -4.84. The minimum atomic E-state index is -1.62. The van der Waals surface area contributed by atoms with E-state index < -0.39 is 29.2 Å². The van der Waals surface area contributed by atoms with Gasteiger partial charge in [0.05, 0.1) is 13.2 Å². The highest BCUT2D eigenvalue weighted by atomic mass is 19.1. The summed E-state index contributed by atoms with van der Waals surface area (Å²) in [4.78, 5) is 45.6. The number of ketones is 3. The number of carbonyl (C=O) groups excluding carboxylic acids is 3. The fourth-order valence-electron chi connectivity index (χ4n) is 6.93. The number of hydrogen-bond donors (Lipinski definition) is 0. The Bertz CT molecular complexity index is 1710. The van der Waals surface area contributed by atoms with Crippen LogP contribution in [0, 0.1) is 11.2 Å². The first kappa shape index (κ1) is 24.2. The van der Waals surface area contributed by atoms with E-state index in [2.05, 4.69) is 0 Å². The van der Waals surface area contributed by atoms with E-state index >= 15 is 0 Å². The van der Waals surface area contributed by atoms with Crippen molar-refractivity contribution in [2.24, 2.45) is 5.41 Å². The molecule has 4 aromatic rings. The van der Waals surface area contributed by atoms with Gasteiger partial charge in [0, 0.05) is 33.9 Å². The van der Waals surface area contributed by atoms with Gasteiger partial charge in [0.2, 0.25) is 0 Å². The minimum Gasteiger partial charge on any atom is -0.497 e. The van der Waals surface area contributed by atoms with Crippen LogP contribution < -0.4 is 9.64 Å². The van der Waals surface area contributed by atoms with E-state index in [1.165, 1.54) is 12.1 Å². The molecule has 2 aliphatic heterocycles. The molecule has 3 atom stereocenters. The first-order valence-corrected chi connectivity index (χ1v) is 13.1. The number of ether oxygens (including phenoxy) is 1. The number of methoxy groups -OCH3 is 1. The average molecular weight is 530 g/mol. The Balaban J connectivity index is 1.56. The summed E-state index contributed by atoms with van der Waals surface area (Å²) in [6.07, 6.45) is 3.54. The molecule has 2 heterocycles. The van der Waals surface area contributed by atoms with Crippen molar-refractivity contribution < 1.29 is 23.5 Å². The molecule has 0 N–H and O–H groups in total. The number of benzene rings is 4. The summed E-state index contributed by atoms with van der Waals surface area (Å²) in [6.45, 7) is 0. The molecule has 3 aliphatic rings. The van der Waals surface area contributed by atoms with Crippen molar-refractivity contribution in [3.8, 4) is 5.75 Å². The SMILES string of the molecule is COc1cccc([C@H]2[C@H](C(=O)c3ccccc3)N3c4ccc(F)cc4C=CC3C23C(=O)c2ccccc2C3=O)c1. The summed E-state index contributed by atoms with van der Waals surface area (Å²) < 4.78 is 19.9. The van der Waals surface area contributed by atoms with Gasteiger partial charge >= 0.3 is 0 Å². The van der Waals surface area contributed by atoms with Gasteiger partial charge in [-0.3, -0.25) is 14.4 Å². The normalized spacial score (nSPS) is 21.8. The van der Waals surface area contributed by atoms with Crippen LogP contribution in [0.3, 0.4) is 0 Å². The average Bonchev–Trinajstić information content (AvgIpc) is 3.43. The third kappa shape index (κ3) is 3.16. The van der Waals surface area contributed by atoms with Crippen LogP contribution in [0.5, 0.6) is 5.75 Å². The Morgan fingerprint density at radius 2 is 1.55 bits per heavy atom. The molecule has 0 radical (unpaired) electrons. The maximum atomic E-state index is 14.6. The zero-order chi connectivity index (χ0) is 27.6. The third-order valence-electron chi connectivity index (χ3n) is 8.55. The second kappa shape index (κ2) is 8.85. The molecule has 1 unspecified atom stereocenters. The smallest absolute Gasteiger partial charge is 0.185 e. The van der Waals surface area contributed by atoms with Gasteiger partial charge < -0.3 is 9.64 Å². The Morgan fingerprint density at radius 3 is 2.25 bits per heavy atom. The van der Waals surface area contributed by atoms with Crippen LogP contribution in [-0.2, 0) is 0 Å². The van der Waals surface area contributed by atoms with Crippen molar-refractivity contribution in [1.29, 1.82) is 0 Å². The molecular formula is C34H24FNO4. The van der Waals surface area contributed by atoms with Crippen LogP contribution in [0.2, 0.25) is 0 Å². The Labute approximate surface area is 230 Å². The highest BCUT2D eigenvalue weighted by Gasteiger charge is 2.71. The number of Topliss-reactive ketones (excluding diaryl/α,β-unsaturated/α-hetero) is 3. The van der Waals surface area contributed by atoms with Gasteiger partial charge in [-0.1, -0.05) is 78.9 Å². The number of anilines is 1. The summed E-state index contributed by atoms with van der Waals surface area (Å²) in [7, 11) is 1.55. The Morgan fingerprint density at radius 1 is 0.850 bits per heavy atom. The van der Waals surface area contributed by atoms with E-state index in [0.717, 1.165) is 0 Å². The predicted octanol–water partition coefficient (Wildman–Crippen LogP) is 6.15. The number of hydrogen-bond acceptors (Lipinski definition) is 5. The molecule has 0 amide bonds. The van der Waals surface area contributed by atoms with Crippen LogP contribution in [0.4, 0.5) is 10.1 Å². The molecule has 4 aromatic carbocycles. The van der Waals surface area contributed by atoms with E-state index in [1.807, 2.05) is 17.0 Å². The second-order valence-electron chi connectivity index (χ2n) is 10.4. The number of fused-ring (bicyclic) bond motifs is 5. The van der Waals surface area contributed by atoms with Crippen LogP contribution in [0.15, 0.2) is 103 Å². The van der Waals surface area contributed by atoms with E-state index in [9.17, 15) is 18.8 Å². The predicted molar refractivity (Wildman–Crippen MR) is 150 cm³/mol. The first-order chi connectivity index (χ1) is 19.5. The van der Waals surface area contributed by atoms with Crippen molar-refractivity contribution in [2.75, 3.05) is 12.0 Å². The molecule has 0 saturated carbocycles. The van der Waals surface area contributed by atoms with Gasteiger partial charge in [0.1, 0.15) is 23.0 Å². The summed E-state index contributed by atoms with van der Waals surface area (Å²) in [6, 6.07) is 25.7. The molecule has 40 heavy (non-hydrogen) atoms. The van der Waals surface area contributed by atoms with Gasteiger partial charge in [-0.2, -0.15) is 0 Å². The number of halogens is 1. The van der Waals surface area contributed by atoms with E-state index in [1.54, 1.807) is 92.1 Å². The molecule has 196 valence electrons. The fraction of sp³-hybridized carbons (Fsp3) is 0.147. The zero-order valence-electron chi connectivity index (χ0n) is 21.6. The highest BCUT2D eigenvalue weighted by Crippen LogP contribution is 2.61. The lowest BCUT2D eigenvalue weighted by molar-refractivity contribution is 0.0665. The van der Waals surface area contributed by atoms with Gasteiger partial charge in [-0.25, -0.2) is 4.39 Å². The van der Waals surface area contributed by atoms with Crippen LogP contribution in [-0.4, -0.2) is 36.5 Å². The molecular weight excluding hydrogens is 505 g/mol. The molecule has 0 bridgehead atoms. The molecule has 5 nitrogen and oxygen atoms in total. The van der Waals surface area contributed by atoms with Crippen molar-refractivity contribution in [3.05, 3.63) is 137 Å². The highest BCUT2D eigenvalue weighted by molar-refractivity contribution is 6.32. The summed E-state index contributed by atoms with van der Waals surface area (Å²) in [5, 5.41) is 0. The lowest BCUT2D eigenvalue weighted by Crippen LogP contribution is -2.48. The minimum absolute atomic E-state index is 0.225. The number of carbonyl (C=O) groups is 3. The maximum Gasteiger partial charge on any atom is 0.185 e. The van der Waals surface area contributed by atoms with E-state index in [-0.39, 0.29) is 17.3 Å². The number of nitrogens with zero attached hydrogens (tertiary/aromatic N) is 1. The quantitative estimate of drug-likeness (QED) is 0.234. The molecule has 1 spiro atoms. The van der Waals surface area contributed by atoms with Crippen LogP contribution in [0.1, 0.15) is 48.1 Å². The van der Waals surface area contributed by atoms with E-state index in [0.29, 0.717) is 39.3 Å². The molecule has 1 saturated heterocycles. The monoisotopic (exact) mass is 529 g/mol. The fourth-order valence-corrected chi connectivity index (χ4v) is 6.93. The van der Waals surface area contributed by atoms with Crippen LogP contribution in [0.25, 0.3) is 6.08 Å². The lowest BCUT2D eigenvalue weighted by atomic mass is 9.64. The topological polar surface area (TPSA) is 63.7 Å². The van der Waals surface area contributed by atoms with E-state index in [4.69, 9.17) is 4.74 Å². The largest absolute Gasteiger partial charge is 0.497 e. The van der Waals surface area contributed by atoms with Crippen molar-refractivity contribution in [2.45, 2.75) is 18.0 Å². The summed E-state index contributed by atoms with van der Waals surface area (Å²) in [5.41, 5.74) is 1.38. The lowest BCUT2D eigenvalue weighted by Gasteiger charge is -2.37. The number of rotatable bonds is 4. The zero-order valence-corrected chi connectivity index (χ0v) is 21.6. The molecule has 7 rings (SSSR count). The molecule has 1 fully saturated rings. The maximum absolute atomic E-state index is 14.6. The Kier molecular flexibility index (Phi) is 5.36. The van der Waals surface area contributed by atoms with Gasteiger partial charge in [0.25, 0.3) is 0 Å². The standard InChI is InChI=1S/C34H24FNO4/c1-40-24-11-7-10-22(19-24)29-30(31(37)20-8-3-2-4-9-20)36-27-16-15-23(35)18-21(27)14-17-28(36)34(29)32(38)25-12-5-6-13-26(25)33(34)39/h2-19,28-30H,1H3/t28?,29-,30+/m0/s1. The van der Waals surface area contributed by atoms with Crippen molar-refractivity contribution in [3.63, 3.8) is 0 Å². The molecule has 6 heteroatoms. The summed E-state index contributed by atoms with van der Waals surface area (Å²) >= 11 is 0. The molecule has 1 aliphatic carbocycles. The van der Waals surface area contributed by atoms with Gasteiger partial charge in [-0.05, 0) is 35.9 Å². The first-order valence-electron chi connectivity index (χ1n) is 13.1. The van der Waals surface area contributed by atoms with Gasteiger partial charge in [-0.15, -0.1) is 0 Å². The summed E-state index contributed by atoms with van der Waals surface area (Å²) in [5.74, 6) is -1.56. The van der Waals surface area contributed by atoms with Crippen molar-refractivity contribution >= 4 is 29.1 Å². The van der Waals surface area contributed by atoms with Crippen LogP contribution >= 0.6 is 0 Å². The third-order valence-corrected chi connectivity index (χ3v) is 8.55.